The number of carbonyl (C=O) groups is 1. The number of phenolic OH excluding ortho intramolecular Hbond substituents is 1. The Labute approximate surface area is 186 Å². The van der Waals surface area contributed by atoms with Gasteiger partial charge in [-0.3, -0.25) is 4.79 Å². The molecule has 5 rings (SSSR count). The lowest BCUT2D eigenvalue weighted by Gasteiger charge is -2.33. The summed E-state index contributed by atoms with van der Waals surface area (Å²) < 4.78 is 12.7. The van der Waals surface area contributed by atoms with E-state index in [4.69, 9.17) is 14.6 Å². The number of carbonyl (C=O) groups excluding carboxylic acids is 1. The van der Waals surface area contributed by atoms with Gasteiger partial charge in [0, 0.05) is 29.2 Å². The van der Waals surface area contributed by atoms with Crippen molar-refractivity contribution in [2.24, 2.45) is 0 Å². The zero-order chi connectivity index (χ0) is 22.4. The minimum absolute atomic E-state index is 0.0613. The van der Waals surface area contributed by atoms with Crippen LogP contribution in [0.5, 0.6) is 17.2 Å². The van der Waals surface area contributed by atoms with E-state index in [1.54, 1.807) is 12.1 Å². The van der Waals surface area contributed by atoms with Gasteiger partial charge < -0.3 is 19.9 Å². The van der Waals surface area contributed by atoms with E-state index in [-0.39, 0.29) is 17.5 Å². The van der Waals surface area contributed by atoms with Gasteiger partial charge in [0.1, 0.15) is 5.82 Å². The number of aryl methyl sites for hydroxylation is 1. The number of methoxy groups -OCH3 is 2. The van der Waals surface area contributed by atoms with Gasteiger partial charge in [0.2, 0.25) is 5.75 Å². The topological polar surface area (TPSA) is 85.6 Å². The Kier molecular flexibility index (Phi) is 4.89. The first-order chi connectivity index (χ1) is 15.5. The molecule has 0 bridgehead atoms. The number of para-hydroxylation sites is 1. The highest BCUT2D eigenvalue weighted by Gasteiger charge is 2.39. The number of anilines is 1. The van der Waals surface area contributed by atoms with Gasteiger partial charge in [-0.25, -0.2) is 4.68 Å². The number of aromatic nitrogens is 2. The van der Waals surface area contributed by atoms with Gasteiger partial charge in [0.05, 0.1) is 25.6 Å². The van der Waals surface area contributed by atoms with Crippen molar-refractivity contribution in [1.29, 1.82) is 0 Å². The minimum atomic E-state index is -0.338. The van der Waals surface area contributed by atoms with Crippen LogP contribution in [0.25, 0.3) is 5.69 Å². The first-order valence-electron chi connectivity index (χ1n) is 10.7. The van der Waals surface area contributed by atoms with Crippen LogP contribution in [0.4, 0.5) is 5.82 Å². The van der Waals surface area contributed by atoms with E-state index in [1.165, 1.54) is 14.2 Å². The fourth-order valence-corrected chi connectivity index (χ4v) is 4.79. The average molecular weight is 431 g/mol. The van der Waals surface area contributed by atoms with Crippen molar-refractivity contribution in [1.82, 2.24) is 9.78 Å². The molecule has 2 heterocycles. The quantitative estimate of drug-likeness (QED) is 0.634. The van der Waals surface area contributed by atoms with Crippen molar-refractivity contribution < 1.29 is 19.4 Å². The number of benzene rings is 2. The number of allylic oxidation sites excluding steroid dienone is 2. The molecule has 1 aliphatic heterocycles. The summed E-state index contributed by atoms with van der Waals surface area (Å²) in [6, 6.07) is 13.5. The van der Waals surface area contributed by atoms with Crippen molar-refractivity contribution in [2.45, 2.75) is 32.1 Å². The van der Waals surface area contributed by atoms with E-state index in [0.29, 0.717) is 17.9 Å². The Bertz CT molecular complexity index is 1220. The normalized spacial score (nSPS) is 17.5. The maximum Gasteiger partial charge on any atom is 0.200 e. The summed E-state index contributed by atoms with van der Waals surface area (Å²) in [5, 5.41) is 18.8. The van der Waals surface area contributed by atoms with Gasteiger partial charge in [-0.1, -0.05) is 18.2 Å². The summed E-state index contributed by atoms with van der Waals surface area (Å²) in [5.74, 6) is 1.20. The number of ketones is 1. The Hall–Kier alpha value is -3.74. The summed E-state index contributed by atoms with van der Waals surface area (Å²) in [7, 11) is 3.00. The molecule has 1 aromatic heterocycles. The highest BCUT2D eigenvalue weighted by atomic mass is 16.5. The number of hydrogen-bond donors (Lipinski definition) is 2. The Balaban J connectivity index is 1.78. The van der Waals surface area contributed by atoms with Gasteiger partial charge in [-0.15, -0.1) is 0 Å². The lowest BCUT2D eigenvalue weighted by Crippen LogP contribution is -2.27. The van der Waals surface area contributed by atoms with Crippen LogP contribution < -0.4 is 14.8 Å². The number of rotatable bonds is 4. The molecule has 0 fully saturated rings. The summed E-state index contributed by atoms with van der Waals surface area (Å²) in [5.41, 5.74) is 5.22. The second-order valence-corrected chi connectivity index (χ2v) is 8.10. The van der Waals surface area contributed by atoms with Gasteiger partial charge in [0.25, 0.3) is 0 Å². The van der Waals surface area contributed by atoms with E-state index in [9.17, 15) is 9.90 Å². The van der Waals surface area contributed by atoms with E-state index >= 15 is 0 Å². The predicted molar refractivity (Wildman–Crippen MR) is 121 cm³/mol. The number of nitrogens with one attached hydrogen (secondary N) is 1. The first kappa shape index (κ1) is 20.2. The van der Waals surface area contributed by atoms with Gasteiger partial charge >= 0.3 is 0 Å². The number of Topliss-reactive ketones (excluding diaryl/α,β-unsaturated/α-hetero) is 1. The molecule has 0 saturated heterocycles. The number of nitrogens with zero attached hydrogens (tertiary/aromatic N) is 2. The lowest BCUT2D eigenvalue weighted by molar-refractivity contribution is -0.116. The Morgan fingerprint density at radius 3 is 2.44 bits per heavy atom. The zero-order valence-corrected chi connectivity index (χ0v) is 18.3. The number of hydrogen-bond acceptors (Lipinski definition) is 6. The molecule has 1 unspecified atom stereocenters. The Morgan fingerprint density at radius 2 is 1.78 bits per heavy atom. The second-order valence-electron chi connectivity index (χ2n) is 8.10. The average Bonchev–Trinajstić information content (AvgIpc) is 3.15. The van der Waals surface area contributed by atoms with E-state index in [2.05, 4.69) is 5.32 Å². The molecule has 1 aliphatic carbocycles. The minimum Gasteiger partial charge on any atom is -0.502 e. The molecule has 7 nitrogen and oxygen atoms in total. The van der Waals surface area contributed by atoms with E-state index in [0.717, 1.165) is 52.4 Å². The first-order valence-corrected chi connectivity index (χ1v) is 10.7. The highest BCUT2D eigenvalue weighted by Crippen LogP contribution is 2.50. The summed E-state index contributed by atoms with van der Waals surface area (Å²) in [4.78, 5) is 13.1. The van der Waals surface area contributed by atoms with Gasteiger partial charge in [0.15, 0.2) is 17.3 Å². The molecule has 3 aromatic rings. The van der Waals surface area contributed by atoms with Crippen molar-refractivity contribution in [3.63, 3.8) is 0 Å². The van der Waals surface area contributed by atoms with Gasteiger partial charge in [-0.05, 0) is 49.6 Å². The third kappa shape index (κ3) is 3.04. The third-order valence-electron chi connectivity index (χ3n) is 6.25. The maximum absolute atomic E-state index is 13.1. The van der Waals surface area contributed by atoms with Crippen LogP contribution in [0.1, 0.15) is 42.0 Å². The SMILES string of the molecule is COc1cc(C2C3=C(CCCC3=O)Nc3c2c(C)nn3-c2ccccc2)cc(OC)c1O. The van der Waals surface area contributed by atoms with Crippen LogP contribution in [0, 0.1) is 6.92 Å². The van der Waals surface area contributed by atoms with Crippen LogP contribution in [0.2, 0.25) is 0 Å². The van der Waals surface area contributed by atoms with Crippen LogP contribution >= 0.6 is 0 Å². The molecule has 32 heavy (non-hydrogen) atoms. The molecule has 1 atom stereocenters. The predicted octanol–water partition coefficient (Wildman–Crippen LogP) is 4.47. The number of fused-ring (bicyclic) bond motifs is 1. The molecule has 0 saturated carbocycles. The number of ether oxygens (including phenoxy) is 2. The summed E-state index contributed by atoms with van der Waals surface area (Å²) >= 11 is 0. The molecule has 7 heteroatoms. The fraction of sp³-hybridized carbons (Fsp3) is 0.280. The number of aromatic hydroxyl groups is 1. The van der Waals surface area contributed by atoms with E-state index in [1.807, 2.05) is 41.9 Å². The summed E-state index contributed by atoms with van der Waals surface area (Å²) in [6.07, 6.45) is 2.13. The van der Waals surface area contributed by atoms with Crippen LogP contribution in [0.3, 0.4) is 0 Å². The second kappa shape index (κ2) is 7.75. The molecule has 0 spiro atoms. The van der Waals surface area contributed by atoms with E-state index < -0.39 is 0 Å². The Morgan fingerprint density at radius 1 is 1.09 bits per heavy atom. The largest absolute Gasteiger partial charge is 0.502 e. The number of phenols is 1. The van der Waals surface area contributed by atoms with Crippen LogP contribution in [-0.2, 0) is 4.79 Å². The smallest absolute Gasteiger partial charge is 0.200 e. The monoisotopic (exact) mass is 431 g/mol. The van der Waals surface area contributed by atoms with Crippen molar-refractivity contribution in [3.05, 3.63) is 70.6 Å². The molecule has 2 aliphatic rings. The lowest BCUT2D eigenvalue weighted by atomic mass is 9.76. The fourth-order valence-electron chi connectivity index (χ4n) is 4.79. The van der Waals surface area contributed by atoms with Gasteiger partial charge in [-0.2, -0.15) is 5.10 Å². The van der Waals surface area contributed by atoms with Crippen LogP contribution in [0.15, 0.2) is 53.7 Å². The molecular formula is C25H25N3O4. The molecule has 2 N–H and O–H groups in total. The molecule has 0 radical (unpaired) electrons. The molecular weight excluding hydrogens is 406 g/mol. The van der Waals surface area contributed by atoms with Crippen LogP contribution in [-0.4, -0.2) is 34.9 Å². The van der Waals surface area contributed by atoms with Crippen molar-refractivity contribution in [3.8, 4) is 22.9 Å². The van der Waals surface area contributed by atoms with Crippen molar-refractivity contribution >= 4 is 11.6 Å². The molecule has 2 aromatic carbocycles. The zero-order valence-electron chi connectivity index (χ0n) is 18.3. The molecule has 0 amide bonds. The maximum atomic E-state index is 13.1. The standard InChI is InChI=1S/C25H25N3O4/c1-14-21-22(15-12-19(31-2)24(30)20(13-15)32-3)23-17(10-7-11-18(23)29)26-25(21)28(27-14)16-8-5-4-6-9-16/h4-6,8-9,12-13,22,26,30H,7,10-11H2,1-3H3. The molecule has 164 valence electrons. The highest BCUT2D eigenvalue weighted by molar-refractivity contribution is 6.01. The summed E-state index contributed by atoms with van der Waals surface area (Å²) in [6.45, 7) is 1.96. The third-order valence-corrected chi connectivity index (χ3v) is 6.25. The van der Waals surface area contributed by atoms with Crippen molar-refractivity contribution in [2.75, 3.05) is 19.5 Å².